The van der Waals surface area contributed by atoms with Crippen molar-refractivity contribution in [3.63, 3.8) is 0 Å². The Balaban J connectivity index is 1.55. The summed E-state index contributed by atoms with van der Waals surface area (Å²) in [4.78, 5) is 33.2. The van der Waals surface area contributed by atoms with Crippen LogP contribution < -0.4 is 14.4 Å². The number of rotatable bonds is 3. The standard InChI is InChI=1S/C28H21BrN2O5S/c1-14-10-15(2)23-21(11-14)37-28(30-23)31-24(16-4-3-5-18(29)12-16)22(26(33)27(31)34)25(32)17-6-7-19-20(13-17)36-9-8-35-19/h3-7,10-13,24,32H,8-9H2,1-2H3/b25-22+. The number of Topliss-reactive ketones (excluding diaryl/α,β-unsaturated/α-hetero) is 1. The lowest BCUT2D eigenvalue weighted by Crippen LogP contribution is -2.29. The van der Waals surface area contributed by atoms with Crippen molar-refractivity contribution in [1.82, 2.24) is 4.98 Å². The van der Waals surface area contributed by atoms with E-state index in [-0.39, 0.29) is 11.3 Å². The summed E-state index contributed by atoms with van der Waals surface area (Å²) in [6.45, 7) is 4.80. The maximum absolute atomic E-state index is 13.5. The topological polar surface area (TPSA) is 89.0 Å². The first-order chi connectivity index (χ1) is 17.8. The zero-order valence-corrected chi connectivity index (χ0v) is 22.4. The molecule has 1 unspecified atom stereocenters. The van der Waals surface area contributed by atoms with E-state index < -0.39 is 17.7 Å². The fourth-order valence-electron chi connectivity index (χ4n) is 4.83. The highest BCUT2D eigenvalue weighted by Gasteiger charge is 2.48. The largest absolute Gasteiger partial charge is 0.507 e. The van der Waals surface area contributed by atoms with Crippen molar-refractivity contribution in [2.75, 3.05) is 18.1 Å². The number of hydrogen-bond acceptors (Lipinski definition) is 7. The highest BCUT2D eigenvalue weighted by atomic mass is 79.9. The number of hydrogen-bond donors (Lipinski definition) is 1. The van der Waals surface area contributed by atoms with Gasteiger partial charge in [-0.05, 0) is 66.9 Å². The number of carbonyl (C=O) groups is 2. The van der Waals surface area contributed by atoms with Gasteiger partial charge in [0.1, 0.15) is 19.0 Å². The number of ether oxygens (including phenoxy) is 2. The molecule has 1 saturated heterocycles. The van der Waals surface area contributed by atoms with Crippen molar-refractivity contribution >= 4 is 60.1 Å². The number of aliphatic hydroxyl groups excluding tert-OH is 1. The molecule has 3 aromatic carbocycles. The second-order valence-corrected chi connectivity index (χ2v) is 10.9. The number of halogens is 1. The van der Waals surface area contributed by atoms with Crippen molar-refractivity contribution in [3.8, 4) is 11.5 Å². The lowest BCUT2D eigenvalue weighted by Gasteiger charge is -2.23. The highest BCUT2D eigenvalue weighted by Crippen LogP contribution is 2.45. The molecule has 0 bridgehead atoms. The van der Waals surface area contributed by atoms with Crippen molar-refractivity contribution in [1.29, 1.82) is 0 Å². The molecule has 186 valence electrons. The van der Waals surface area contributed by atoms with Gasteiger partial charge in [0.05, 0.1) is 21.8 Å². The minimum absolute atomic E-state index is 0.00747. The molecule has 6 rings (SSSR count). The molecule has 2 aliphatic heterocycles. The van der Waals surface area contributed by atoms with Gasteiger partial charge in [0.25, 0.3) is 5.78 Å². The Morgan fingerprint density at radius 3 is 2.62 bits per heavy atom. The molecule has 2 aliphatic rings. The Morgan fingerprint density at radius 1 is 1.05 bits per heavy atom. The summed E-state index contributed by atoms with van der Waals surface area (Å²) in [7, 11) is 0. The van der Waals surface area contributed by atoms with Gasteiger partial charge in [-0.2, -0.15) is 0 Å². The molecule has 1 fully saturated rings. The summed E-state index contributed by atoms with van der Waals surface area (Å²) in [5.41, 5.74) is 3.88. The summed E-state index contributed by atoms with van der Waals surface area (Å²) in [5, 5.41) is 11.9. The van der Waals surface area contributed by atoms with Gasteiger partial charge in [0, 0.05) is 10.0 Å². The molecule has 0 spiro atoms. The monoisotopic (exact) mass is 576 g/mol. The first-order valence-corrected chi connectivity index (χ1v) is 13.3. The van der Waals surface area contributed by atoms with E-state index in [4.69, 9.17) is 14.5 Å². The number of anilines is 1. The average Bonchev–Trinajstić information content (AvgIpc) is 3.42. The number of ketones is 1. The molecular formula is C28H21BrN2O5S. The lowest BCUT2D eigenvalue weighted by atomic mass is 9.95. The number of aromatic nitrogens is 1. The number of fused-ring (bicyclic) bond motifs is 2. The summed E-state index contributed by atoms with van der Waals surface area (Å²) >= 11 is 4.84. The van der Waals surface area contributed by atoms with E-state index in [1.54, 1.807) is 18.2 Å². The Hall–Kier alpha value is -3.69. The fraction of sp³-hybridized carbons (Fsp3) is 0.179. The number of aryl methyl sites for hydroxylation is 2. The van der Waals surface area contributed by atoms with Crippen LogP contribution in [0.3, 0.4) is 0 Å². The summed E-state index contributed by atoms with van der Waals surface area (Å²) in [6, 6.07) is 15.5. The fourth-order valence-corrected chi connectivity index (χ4v) is 6.42. The molecule has 3 heterocycles. The average molecular weight is 577 g/mol. The predicted octanol–water partition coefficient (Wildman–Crippen LogP) is 6.07. The third-order valence-electron chi connectivity index (χ3n) is 6.45. The number of nitrogens with zero attached hydrogens (tertiary/aromatic N) is 2. The first kappa shape index (κ1) is 23.7. The maximum Gasteiger partial charge on any atom is 0.301 e. The minimum Gasteiger partial charge on any atom is -0.507 e. The highest BCUT2D eigenvalue weighted by molar-refractivity contribution is 9.10. The van der Waals surface area contributed by atoms with Gasteiger partial charge in [0.15, 0.2) is 16.6 Å². The molecule has 1 atom stereocenters. The molecule has 1 amide bonds. The number of amides is 1. The normalized spacial score (nSPS) is 18.6. The number of carbonyl (C=O) groups excluding carboxylic acids is 2. The van der Waals surface area contributed by atoms with Crippen LogP contribution in [0.4, 0.5) is 5.13 Å². The molecule has 9 heteroatoms. The third kappa shape index (κ3) is 3.98. The predicted molar refractivity (Wildman–Crippen MR) is 145 cm³/mol. The van der Waals surface area contributed by atoms with Crippen molar-refractivity contribution in [2.24, 2.45) is 0 Å². The van der Waals surface area contributed by atoms with Gasteiger partial charge in [0.2, 0.25) is 0 Å². The molecular weight excluding hydrogens is 556 g/mol. The number of aliphatic hydroxyl groups is 1. The van der Waals surface area contributed by atoms with Crippen LogP contribution in [0.15, 0.2) is 64.6 Å². The summed E-state index contributed by atoms with van der Waals surface area (Å²) in [6.07, 6.45) is 0. The molecule has 4 aromatic rings. The minimum atomic E-state index is -0.868. The van der Waals surface area contributed by atoms with Crippen LogP contribution in [0.25, 0.3) is 16.0 Å². The summed E-state index contributed by atoms with van der Waals surface area (Å²) < 4.78 is 13.0. The van der Waals surface area contributed by atoms with Gasteiger partial charge in [-0.3, -0.25) is 14.5 Å². The molecule has 7 nitrogen and oxygen atoms in total. The Labute approximate surface area is 225 Å². The van der Waals surface area contributed by atoms with Gasteiger partial charge >= 0.3 is 5.91 Å². The molecule has 37 heavy (non-hydrogen) atoms. The van der Waals surface area contributed by atoms with E-state index in [1.165, 1.54) is 16.2 Å². The Bertz CT molecular complexity index is 1640. The van der Waals surface area contributed by atoms with E-state index in [9.17, 15) is 14.7 Å². The van der Waals surface area contributed by atoms with Crippen LogP contribution in [0.5, 0.6) is 11.5 Å². The van der Waals surface area contributed by atoms with Gasteiger partial charge in [-0.15, -0.1) is 0 Å². The second kappa shape index (κ2) is 9.00. The maximum atomic E-state index is 13.5. The Kier molecular flexibility index (Phi) is 5.77. The van der Waals surface area contributed by atoms with Crippen LogP contribution in [0.1, 0.15) is 28.3 Å². The SMILES string of the molecule is Cc1cc(C)c2nc(N3C(=O)C(=O)/C(=C(/O)c4ccc5c(c4)OCCO5)C3c3cccc(Br)c3)sc2c1. The van der Waals surface area contributed by atoms with Crippen molar-refractivity contribution in [2.45, 2.75) is 19.9 Å². The molecule has 0 aliphatic carbocycles. The summed E-state index contributed by atoms with van der Waals surface area (Å²) in [5.74, 6) is -0.759. The van der Waals surface area contributed by atoms with Crippen LogP contribution in [0, 0.1) is 13.8 Å². The van der Waals surface area contributed by atoms with E-state index in [0.29, 0.717) is 41.0 Å². The van der Waals surface area contributed by atoms with Crippen LogP contribution in [0.2, 0.25) is 0 Å². The molecule has 1 N–H and O–H groups in total. The number of benzene rings is 3. The molecule has 0 radical (unpaired) electrons. The van der Waals surface area contributed by atoms with Gasteiger partial charge < -0.3 is 14.6 Å². The zero-order valence-electron chi connectivity index (χ0n) is 19.9. The Morgan fingerprint density at radius 2 is 1.84 bits per heavy atom. The second-order valence-electron chi connectivity index (χ2n) is 9.01. The smallest absolute Gasteiger partial charge is 0.301 e. The van der Waals surface area contributed by atoms with Crippen molar-refractivity contribution < 1.29 is 24.2 Å². The van der Waals surface area contributed by atoms with E-state index in [1.807, 2.05) is 50.2 Å². The quantitative estimate of drug-likeness (QED) is 0.181. The van der Waals surface area contributed by atoms with E-state index in [0.717, 1.165) is 25.8 Å². The number of thiazole rings is 1. The zero-order chi connectivity index (χ0) is 25.8. The van der Waals surface area contributed by atoms with Gasteiger partial charge in [-0.25, -0.2) is 4.98 Å². The third-order valence-corrected chi connectivity index (χ3v) is 7.94. The van der Waals surface area contributed by atoms with Crippen LogP contribution in [-0.4, -0.2) is 35.0 Å². The van der Waals surface area contributed by atoms with E-state index >= 15 is 0 Å². The molecule has 1 aromatic heterocycles. The van der Waals surface area contributed by atoms with Gasteiger partial charge in [-0.1, -0.05) is 45.5 Å². The lowest BCUT2D eigenvalue weighted by molar-refractivity contribution is -0.132. The van der Waals surface area contributed by atoms with Crippen molar-refractivity contribution in [3.05, 3.63) is 86.9 Å². The van der Waals surface area contributed by atoms with E-state index in [2.05, 4.69) is 15.9 Å². The van der Waals surface area contributed by atoms with Crippen LogP contribution >= 0.6 is 27.3 Å². The first-order valence-electron chi connectivity index (χ1n) is 11.7. The van der Waals surface area contributed by atoms with Crippen LogP contribution in [-0.2, 0) is 9.59 Å². The molecule has 0 saturated carbocycles.